The number of hydrogen-bond donors (Lipinski definition) is 2. The molecule has 1 unspecified atom stereocenters. The largest absolute Gasteiger partial charge is 0.481 e. The van der Waals surface area contributed by atoms with Gasteiger partial charge in [-0.05, 0) is 46.2 Å². The molecule has 1 aromatic carbocycles. The van der Waals surface area contributed by atoms with Gasteiger partial charge in [-0.1, -0.05) is 13.0 Å². The molecule has 0 bridgehead atoms. The highest BCUT2D eigenvalue weighted by molar-refractivity contribution is 5.81. The lowest BCUT2D eigenvalue weighted by atomic mass is 10.0. The van der Waals surface area contributed by atoms with E-state index in [1.807, 2.05) is 45.9 Å². The SMILES string of the molecule is CCC(C)(C)NC(=O)C(C)Oc1cccc(N)c1C. The van der Waals surface area contributed by atoms with Crippen LogP contribution in [0.25, 0.3) is 0 Å². The zero-order valence-electron chi connectivity index (χ0n) is 12.4. The van der Waals surface area contributed by atoms with Crippen molar-refractivity contribution in [1.29, 1.82) is 0 Å². The van der Waals surface area contributed by atoms with E-state index < -0.39 is 6.10 Å². The van der Waals surface area contributed by atoms with Gasteiger partial charge in [0.1, 0.15) is 5.75 Å². The summed E-state index contributed by atoms with van der Waals surface area (Å²) in [5, 5.41) is 2.96. The number of carbonyl (C=O) groups excluding carboxylic acids is 1. The molecule has 0 aliphatic carbocycles. The summed E-state index contributed by atoms with van der Waals surface area (Å²) in [6.45, 7) is 9.63. The van der Waals surface area contributed by atoms with Gasteiger partial charge in [0, 0.05) is 16.8 Å². The average molecular weight is 264 g/mol. The Morgan fingerprint density at radius 2 is 2.11 bits per heavy atom. The highest BCUT2D eigenvalue weighted by Gasteiger charge is 2.23. The normalized spacial score (nSPS) is 12.9. The van der Waals surface area contributed by atoms with Crippen molar-refractivity contribution in [3.8, 4) is 5.75 Å². The Bertz CT molecular complexity index is 455. The quantitative estimate of drug-likeness (QED) is 0.804. The molecule has 3 N–H and O–H groups in total. The molecule has 0 heterocycles. The highest BCUT2D eigenvalue weighted by atomic mass is 16.5. The zero-order chi connectivity index (χ0) is 14.6. The zero-order valence-corrected chi connectivity index (χ0v) is 12.4. The minimum absolute atomic E-state index is 0.117. The van der Waals surface area contributed by atoms with Crippen LogP contribution in [0.4, 0.5) is 5.69 Å². The summed E-state index contributed by atoms with van der Waals surface area (Å²) in [5.74, 6) is 0.533. The van der Waals surface area contributed by atoms with E-state index in [9.17, 15) is 4.79 Å². The van der Waals surface area contributed by atoms with Crippen LogP contribution in [-0.2, 0) is 4.79 Å². The van der Waals surface area contributed by atoms with Gasteiger partial charge in [0.15, 0.2) is 6.10 Å². The summed E-state index contributed by atoms with van der Waals surface area (Å²) in [7, 11) is 0. The maximum Gasteiger partial charge on any atom is 0.261 e. The predicted molar refractivity (Wildman–Crippen MR) is 78.2 cm³/mol. The van der Waals surface area contributed by atoms with Crippen LogP contribution in [0.2, 0.25) is 0 Å². The van der Waals surface area contributed by atoms with Crippen LogP contribution in [0, 0.1) is 6.92 Å². The van der Waals surface area contributed by atoms with E-state index >= 15 is 0 Å². The number of benzene rings is 1. The van der Waals surface area contributed by atoms with Crippen molar-refractivity contribution in [2.75, 3.05) is 5.73 Å². The van der Waals surface area contributed by atoms with Crippen LogP contribution in [0.15, 0.2) is 18.2 Å². The molecular weight excluding hydrogens is 240 g/mol. The Kier molecular flexibility index (Phi) is 4.81. The van der Waals surface area contributed by atoms with Crippen molar-refractivity contribution >= 4 is 11.6 Å². The number of hydrogen-bond acceptors (Lipinski definition) is 3. The van der Waals surface area contributed by atoms with Gasteiger partial charge in [0.2, 0.25) is 0 Å². The Morgan fingerprint density at radius 1 is 1.47 bits per heavy atom. The first-order valence-electron chi connectivity index (χ1n) is 6.60. The van der Waals surface area contributed by atoms with E-state index in [2.05, 4.69) is 5.32 Å². The highest BCUT2D eigenvalue weighted by Crippen LogP contribution is 2.24. The number of carbonyl (C=O) groups is 1. The van der Waals surface area contributed by atoms with E-state index in [0.717, 1.165) is 12.0 Å². The Hall–Kier alpha value is -1.71. The second-order valence-corrected chi connectivity index (χ2v) is 5.46. The molecule has 1 rings (SSSR count). The van der Waals surface area contributed by atoms with Gasteiger partial charge in [-0.25, -0.2) is 0 Å². The predicted octanol–water partition coefficient (Wildman–Crippen LogP) is 2.65. The van der Waals surface area contributed by atoms with Crippen molar-refractivity contribution in [1.82, 2.24) is 5.32 Å². The average Bonchev–Trinajstić information content (AvgIpc) is 2.34. The molecule has 1 atom stereocenters. The molecule has 4 nitrogen and oxygen atoms in total. The molecule has 0 aromatic heterocycles. The molecule has 0 spiro atoms. The van der Waals surface area contributed by atoms with Gasteiger partial charge in [-0.2, -0.15) is 0 Å². The molecule has 0 aliphatic heterocycles. The summed E-state index contributed by atoms with van der Waals surface area (Å²) in [6, 6.07) is 5.45. The molecule has 4 heteroatoms. The molecule has 0 radical (unpaired) electrons. The van der Waals surface area contributed by atoms with Gasteiger partial charge in [-0.15, -0.1) is 0 Å². The minimum atomic E-state index is -0.550. The van der Waals surface area contributed by atoms with E-state index in [-0.39, 0.29) is 11.4 Å². The van der Waals surface area contributed by atoms with Gasteiger partial charge in [0.05, 0.1) is 0 Å². The fourth-order valence-corrected chi connectivity index (χ4v) is 1.53. The van der Waals surface area contributed by atoms with Gasteiger partial charge in [0.25, 0.3) is 5.91 Å². The maximum absolute atomic E-state index is 12.1. The Morgan fingerprint density at radius 3 is 2.68 bits per heavy atom. The lowest BCUT2D eigenvalue weighted by Gasteiger charge is -2.27. The number of amides is 1. The number of ether oxygens (including phenoxy) is 1. The fraction of sp³-hybridized carbons (Fsp3) is 0.533. The van der Waals surface area contributed by atoms with E-state index in [4.69, 9.17) is 10.5 Å². The molecule has 0 saturated heterocycles. The topological polar surface area (TPSA) is 64.3 Å². The van der Waals surface area contributed by atoms with Crippen molar-refractivity contribution < 1.29 is 9.53 Å². The lowest BCUT2D eigenvalue weighted by Crippen LogP contribution is -2.48. The summed E-state index contributed by atoms with van der Waals surface area (Å²) in [5.41, 5.74) is 7.12. The van der Waals surface area contributed by atoms with E-state index in [0.29, 0.717) is 11.4 Å². The Labute approximate surface area is 115 Å². The third-order valence-electron chi connectivity index (χ3n) is 3.34. The first kappa shape index (κ1) is 15.3. The summed E-state index contributed by atoms with van der Waals surface area (Å²) in [4.78, 5) is 12.1. The molecule has 0 saturated carbocycles. The van der Waals surface area contributed by atoms with Crippen molar-refractivity contribution in [2.24, 2.45) is 0 Å². The first-order valence-corrected chi connectivity index (χ1v) is 6.60. The van der Waals surface area contributed by atoms with Gasteiger partial charge >= 0.3 is 0 Å². The summed E-state index contributed by atoms with van der Waals surface area (Å²) in [6.07, 6.45) is 0.314. The van der Waals surface area contributed by atoms with E-state index in [1.54, 1.807) is 6.92 Å². The minimum Gasteiger partial charge on any atom is -0.481 e. The van der Waals surface area contributed by atoms with Crippen molar-refractivity contribution in [3.63, 3.8) is 0 Å². The van der Waals surface area contributed by atoms with Gasteiger partial charge in [-0.3, -0.25) is 4.79 Å². The van der Waals surface area contributed by atoms with Crippen LogP contribution in [0.5, 0.6) is 5.75 Å². The van der Waals surface area contributed by atoms with Crippen LogP contribution in [0.1, 0.15) is 39.7 Å². The van der Waals surface area contributed by atoms with Crippen LogP contribution in [-0.4, -0.2) is 17.6 Å². The second kappa shape index (κ2) is 5.95. The summed E-state index contributed by atoms with van der Waals surface area (Å²) >= 11 is 0. The monoisotopic (exact) mass is 264 g/mol. The van der Waals surface area contributed by atoms with E-state index in [1.165, 1.54) is 0 Å². The third-order valence-corrected chi connectivity index (χ3v) is 3.34. The van der Waals surface area contributed by atoms with Gasteiger partial charge < -0.3 is 15.8 Å². The number of nitrogens with one attached hydrogen (secondary N) is 1. The number of rotatable bonds is 5. The number of nitrogen functional groups attached to an aromatic ring is 1. The van der Waals surface area contributed by atoms with Crippen LogP contribution in [0.3, 0.4) is 0 Å². The fourth-order valence-electron chi connectivity index (χ4n) is 1.53. The number of anilines is 1. The smallest absolute Gasteiger partial charge is 0.261 e. The van der Waals surface area contributed by atoms with Crippen LogP contribution < -0.4 is 15.8 Å². The summed E-state index contributed by atoms with van der Waals surface area (Å²) < 4.78 is 5.69. The molecule has 1 aromatic rings. The first-order chi connectivity index (χ1) is 8.76. The van der Waals surface area contributed by atoms with Crippen molar-refractivity contribution in [2.45, 2.75) is 52.7 Å². The van der Waals surface area contributed by atoms with Crippen molar-refractivity contribution in [3.05, 3.63) is 23.8 Å². The molecular formula is C15H24N2O2. The standard InChI is InChI=1S/C15H24N2O2/c1-6-15(4,5)17-14(18)11(3)19-13-9-7-8-12(16)10(13)2/h7-9,11H,6,16H2,1-5H3,(H,17,18). The third kappa shape index (κ3) is 4.16. The number of nitrogens with two attached hydrogens (primary N) is 1. The lowest BCUT2D eigenvalue weighted by molar-refractivity contribution is -0.129. The molecule has 19 heavy (non-hydrogen) atoms. The second-order valence-electron chi connectivity index (χ2n) is 5.46. The molecule has 106 valence electrons. The van der Waals surface area contributed by atoms with Crippen LogP contribution >= 0.6 is 0 Å². The Balaban J connectivity index is 2.72. The molecule has 0 aliphatic rings. The molecule has 1 amide bonds. The maximum atomic E-state index is 12.1. The molecule has 0 fully saturated rings.